The molecule has 1 N–H and O–H groups in total. The lowest BCUT2D eigenvalue weighted by Crippen LogP contribution is -2.27. The number of nitrogens with one attached hydrogen (secondary N) is 1. The molecule has 1 aromatic heterocycles. The Labute approximate surface area is 86.2 Å². The lowest BCUT2D eigenvalue weighted by atomic mass is 10.5. The van der Waals surface area contributed by atoms with Crippen molar-refractivity contribution in [3.8, 4) is 0 Å². The lowest BCUT2D eigenvalue weighted by Gasteiger charge is -2.12. The third-order valence-electron chi connectivity index (χ3n) is 1.78. The zero-order chi connectivity index (χ0) is 9.64. The number of hydrogen-bond donors (Lipinski definition) is 1. The lowest BCUT2D eigenvalue weighted by molar-refractivity contribution is 0.518. The van der Waals surface area contributed by atoms with E-state index in [-0.39, 0.29) is 0 Å². The first-order chi connectivity index (χ1) is 6.95. The van der Waals surface area contributed by atoms with Gasteiger partial charge in [-0.1, -0.05) is 11.8 Å². The van der Waals surface area contributed by atoms with Crippen LogP contribution in [-0.2, 0) is 6.54 Å². The minimum Gasteiger partial charge on any atom is -0.363 e. The van der Waals surface area contributed by atoms with E-state index < -0.39 is 0 Å². The summed E-state index contributed by atoms with van der Waals surface area (Å²) in [6.45, 7) is 2.46. The molecule has 1 aliphatic rings. The van der Waals surface area contributed by atoms with E-state index in [1.165, 1.54) is 12.7 Å². The van der Waals surface area contributed by atoms with Crippen molar-refractivity contribution in [2.24, 2.45) is 4.99 Å². The molecule has 2 heterocycles. The van der Waals surface area contributed by atoms with Crippen LogP contribution in [-0.4, -0.2) is 44.2 Å². The van der Waals surface area contributed by atoms with Gasteiger partial charge in [0, 0.05) is 18.8 Å². The highest BCUT2D eigenvalue weighted by Crippen LogP contribution is 2.09. The van der Waals surface area contributed by atoms with E-state index in [0.717, 1.165) is 30.6 Å². The standard InChI is InChI=1S/C7H12N6S/c1-2-8-7(14-5-1)9-3-4-13-11-6-10-12-13/h6H,1-5H2,(H,8,9). The molecule has 0 radical (unpaired) electrons. The van der Waals surface area contributed by atoms with Crippen molar-refractivity contribution in [3.05, 3.63) is 6.33 Å². The molecule has 0 unspecified atom stereocenters. The van der Waals surface area contributed by atoms with Gasteiger partial charge in [-0.3, -0.25) is 4.99 Å². The fourth-order valence-corrected chi connectivity index (χ4v) is 1.97. The van der Waals surface area contributed by atoms with Crippen molar-refractivity contribution in [1.82, 2.24) is 25.5 Å². The second-order valence-electron chi connectivity index (χ2n) is 2.85. The monoisotopic (exact) mass is 212 g/mol. The van der Waals surface area contributed by atoms with Gasteiger partial charge >= 0.3 is 0 Å². The molecule has 0 aliphatic carbocycles. The van der Waals surface area contributed by atoms with Crippen molar-refractivity contribution < 1.29 is 0 Å². The van der Waals surface area contributed by atoms with Crippen molar-refractivity contribution in [1.29, 1.82) is 0 Å². The molecule has 1 aromatic rings. The Morgan fingerprint density at radius 3 is 3.29 bits per heavy atom. The molecule has 0 aromatic carbocycles. The van der Waals surface area contributed by atoms with Crippen LogP contribution < -0.4 is 5.32 Å². The van der Waals surface area contributed by atoms with Crippen molar-refractivity contribution in [2.45, 2.75) is 13.0 Å². The third kappa shape index (κ3) is 2.69. The largest absolute Gasteiger partial charge is 0.363 e. The van der Waals surface area contributed by atoms with Crippen LogP contribution in [0.3, 0.4) is 0 Å². The van der Waals surface area contributed by atoms with Gasteiger partial charge in [0.25, 0.3) is 0 Å². The smallest absolute Gasteiger partial charge is 0.162 e. The fourth-order valence-electron chi connectivity index (χ4n) is 1.12. The van der Waals surface area contributed by atoms with Crippen LogP contribution in [0.5, 0.6) is 0 Å². The van der Waals surface area contributed by atoms with E-state index in [2.05, 4.69) is 25.7 Å². The Bertz CT molecular complexity index is 295. The molecular weight excluding hydrogens is 200 g/mol. The summed E-state index contributed by atoms with van der Waals surface area (Å²) in [5.41, 5.74) is 0. The van der Waals surface area contributed by atoms with E-state index >= 15 is 0 Å². The van der Waals surface area contributed by atoms with Gasteiger partial charge < -0.3 is 5.32 Å². The van der Waals surface area contributed by atoms with Gasteiger partial charge in [-0.2, -0.15) is 4.80 Å². The first-order valence-corrected chi connectivity index (χ1v) is 5.55. The summed E-state index contributed by atoms with van der Waals surface area (Å²) in [7, 11) is 0. The molecule has 0 saturated carbocycles. The average Bonchev–Trinajstić information content (AvgIpc) is 2.72. The first-order valence-electron chi connectivity index (χ1n) is 4.57. The van der Waals surface area contributed by atoms with E-state index in [1.807, 2.05) is 0 Å². The maximum atomic E-state index is 4.35. The summed E-state index contributed by atoms with van der Waals surface area (Å²) in [4.78, 5) is 5.91. The Balaban J connectivity index is 1.70. The summed E-state index contributed by atoms with van der Waals surface area (Å²) < 4.78 is 0. The minimum absolute atomic E-state index is 0.722. The molecule has 6 nitrogen and oxygen atoms in total. The number of tetrazole rings is 1. The first kappa shape index (κ1) is 9.45. The second kappa shape index (κ2) is 4.94. The fraction of sp³-hybridized carbons (Fsp3) is 0.714. The molecule has 1 aliphatic heterocycles. The predicted octanol–water partition coefficient (Wildman–Crippen LogP) is -0.244. The minimum atomic E-state index is 0.722. The van der Waals surface area contributed by atoms with Crippen LogP contribution in [0, 0.1) is 0 Å². The van der Waals surface area contributed by atoms with Gasteiger partial charge in [0.05, 0.1) is 6.54 Å². The zero-order valence-corrected chi connectivity index (χ0v) is 8.57. The van der Waals surface area contributed by atoms with Crippen LogP contribution in [0.4, 0.5) is 0 Å². The van der Waals surface area contributed by atoms with E-state index in [9.17, 15) is 0 Å². The molecule has 0 fully saturated rings. The number of amidine groups is 1. The van der Waals surface area contributed by atoms with Gasteiger partial charge in [-0.25, -0.2) is 0 Å². The average molecular weight is 212 g/mol. The third-order valence-corrected chi connectivity index (χ3v) is 2.82. The second-order valence-corrected chi connectivity index (χ2v) is 3.93. The topological polar surface area (TPSA) is 68.0 Å². The number of aliphatic imine (C=N–C) groups is 1. The predicted molar refractivity (Wildman–Crippen MR) is 55.2 cm³/mol. The number of aromatic nitrogens is 4. The number of nitrogens with zero attached hydrogens (tertiary/aromatic N) is 5. The highest BCUT2D eigenvalue weighted by molar-refractivity contribution is 8.13. The van der Waals surface area contributed by atoms with Gasteiger partial charge in [0.15, 0.2) is 11.5 Å². The van der Waals surface area contributed by atoms with Gasteiger partial charge in [-0.05, 0) is 11.6 Å². The van der Waals surface area contributed by atoms with Crippen molar-refractivity contribution in [2.75, 3.05) is 18.8 Å². The normalized spacial score (nSPS) is 16.4. The number of rotatable bonds is 3. The van der Waals surface area contributed by atoms with E-state index in [0.29, 0.717) is 0 Å². The Hall–Kier alpha value is -1.11. The summed E-state index contributed by atoms with van der Waals surface area (Å²) in [5, 5.41) is 15.6. The van der Waals surface area contributed by atoms with Gasteiger partial charge in [-0.15, -0.1) is 10.2 Å². The number of thioether (sulfide) groups is 1. The van der Waals surface area contributed by atoms with E-state index in [1.54, 1.807) is 16.6 Å². The Morgan fingerprint density at radius 2 is 2.57 bits per heavy atom. The SMILES string of the molecule is c1nnn(CCNC2=NCCCS2)n1. The summed E-state index contributed by atoms with van der Waals surface area (Å²) in [6, 6.07) is 0. The quantitative estimate of drug-likeness (QED) is 0.748. The Morgan fingerprint density at radius 1 is 1.57 bits per heavy atom. The Kier molecular flexibility index (Phi) is 3.33. The van der Waals surface area contributed by atoms with Crippen LogP contribution in [0.1, 0.15) is 6.42 Å². The maximum Gasteiger partial charge on any atom is 0.162 e. The molecule has 0 saturated heterocycles. The maximum absolute atomic E-state index is 4.35. The van der Waals surface area contributed by atoms with Gasteiger partial charge in [0.2, 0.25) is 0 Å². The molecule has 0 bridgehead atoms. The zero-order valence-electron chi connectivity index (χ0n) is 7.76. The van der Waals surface area contributed by atoms with Crippen molar-refractivity contribution in [3.63, 3.8) is 0 Å². The van der Waals surface area contributed by atoms with E-state index in [4.69, 9.17) is 0 Å². The van der Waals surface area contributed by atoms with Gasteiger partial charge in [0.1, 0.15) is 0 Å². The molecule has 0 spiro atoms. The van der Waals surface area contributed by atoms with Crippen LogP contribution >= 0.6 is 11.8 Å². The number of hydrogen-bond acceptors (Lipinski definition) is 6. The highest BCUT2D eigenvalue weighted by atomic mass is 32.2. The highest BCUT2D eigenvalue weighted by Gasteiger charge is 2.04. The molecule has 2 rings (SSSR count). The molecular formula is C7H12N6S. The van der Waals surface area contributed by atoms with Crippen LogP contribution in [0.2, 0.25) is 0 Å². The van der Waals surface area contributed by atoms with Crippen LogP contribution in [0.25, 0.3) is 0 Å². The molecule has 14 heavy (non-hydrogen) atoms. The van der Waals surface area contributed by atoms with Crippen molar-refractivity contribution >= 4 is 16.9 Å². The molecule has 7 heteroatoms. The summed E-state index contributed by atoms with van der Waals surface area (Å²) in [5.74, 6) is 1.16. The molecule has 76 valence electrons. The van der Waals surface area contributed by atoms with Crippen LogP contribution in [0.15, 0.2) is 11.3 Å². The summed E-state index contributed by atoms with van der Waals surface area (Å²) >= 11 is 1.77. The summed E-state index contributed by atoms with van der Waals surface area (Å²) in [6.07, 6.45) is 2.62. The molecule has 0 atom stereocenters. The molecule has 0 amide bonds.